The Bertz CT molecular complexity index is 1110. The van der Waals surface area contributed by atoms with Crippen molar-refractivity contribution in [2.75, 3.05) is 5.32 Å². The van der Waals surface area contributed by atoms with Crippen LogP contribution in [0.15, 0.2) is 85.1 Å². The molecule has 0 atom stereocenters. The van der Waals surface area contributed by atoms with E-state index in [-0.39, 0.29) is 11.3 Å². The number of anilines is 1. The van der Waals surface area contributed by atoms with Gasteiger partial charge < -0.3 is 15.2 Å². The molecule has 0 unspecified atom stereocenters. The Labute approximate surface area is 162 Å². The number of fused-ring (bicyclic) bond motifs is 1. The first-order valence-electron chi connectivity index (χ1n) is 8.85. The first-order valence-corrected chi connectivity index (χ1v) is 8.85. The number of benzene rings is 3. The maximum Gasteiger partial charge on any atom is 0.259 e. The van der Waals surface area contributed by atoms with Crippen LogP contribution >= 0.6 is 0 Å². The Balaban J connectivity index is 1.44. The van der Waals surface area contributed by atoms with Crippen molar-refractivity contribution in [2.24, 2.45) is 0 Å². The zero-order chi connectivity index (χ0) is 19.3. The number of rotatable bonds is 5. The van der Waals surface area contributed by atoms with E-state index in [1.807, 2.05) is 36.4 Å². The number of carbonyl (C=O) groups excluding carboxylic acids is 1. The number of nitrogens with zero attached hydrogens (tertiary/aromatic N) is 1. The monoisotopic (exact) mass is 370 g/mol. The summed E-state index contributed by atoms with van der Waals surface area (Å²) < 4.78 is 5.74. The van der Waals surface area contributed by atoms with Crippen LogP contribution in [-0.2, 0) is 6.61 Å². The van der Waals surface area contributed by atoms with Crippen LogP contribution in [0.5, 0.6) is 11.5 Å². The van der Waals surface area contributed by atoms with Gasteiger partial charge in [0.1, 0.15) is 17.9 Å². The van der Waals surface area contributed by atoms with Gasteiger partial charge in [0.05, 0.1) is 5.56 Å². The minimum atomic E-state index is -0.400. The van der Waals surface area contributed by atoms with Crippen molar-refractivity contribution < 1.29 is 14.6 Å². The minimum absolute atomic E-state index is 0.126. The molecule has 0 saturated heterocycles. The van der Waals surface area contributed by atoms with E-state index < -0.39 is 5.91 Å². The van der Waals surface area contributed by atoms with E-state index in [4.69, 9.17) is 4.74 Å². The number of aromatic hydroxyl groups is 1. The van der Waals surface area contributed by atoms with Crippen molar-refractivity contribution in [3.8, 4) is 11.5 Å². The third kappa shape index (κ3) is 3.78. The SMILES string of the molecule is O=C(Nc1ccc(OCc2ccccc2)cc1)c1ccc2cccnc2c1O. The maximum atomic E-state index is 12.5. The predicted octanol–water partition coefficient (Wildman–Crippen LogP) is 4.77. The molecule has 1 aromatic heterocycles. The highest BCUT2D eigenvalue weighted by Gasteiger charge is 2.14. The van der Waals surface area contributed by atoms with Gasteiger partial charge in [-0.3, -0.25) is 9.78 Å². The third-order valence-corrected chi connectivity index (χ3v) is 4.35. The standard InChI is InChI=1S/C23H18N2O3/c26-22-20(13-8-17-7-4-14-24-21(17)22)23(27)25-18-9-11-19(12-10-18)28-15-16-5-2-1-3-6-16/h1-14,26H,15H2,(H,25,27). The Hall–Kier alpha value is -3.86. The van der Waals surface area contributed by atoms with E-state index in [0.29, 0.717) is 23.6 Å². The fourth-order valence-corrected chi connectivity index (χ4v) is 2.89. The second kappa shape index (κ2) is 7.80. The van der Waals surface area contributed by atoms with Crippen molar-refractivity contribution in [1.29, 1.82) is 0 Å². The van der Waals surface area contributed by atoms with Crippen molar-refractivity contribution >= 4 is 22.5 Å². The van der Waals surface area contributed by atoms with Crippen molar-refractivity contribution in [1.82, 2.24) is 4.98 Å². The molecule has 0 fully saturated rings. The average Bonchev–Trinajstić information content (AvgIpc) is 2.74. The number of ether oxygens (including phenoxy) is 1. The first kappa shape index (κ1) is 17.5. The van der Waals surface area contributed by atoms with Crippen LogP contribution in [0.2, 0.25) is 0 Å². The highest BCUT2D eigenvalue weighted by Crippen LogP contribution is 2.27. The summed E-state index contributed by atoms with van der Waals surface area (Å²) in [4.78, 5) is 16.7. The summed E-state index contributed by atoms with van der Waals surface area (Å²) in [5.74, 6) is 0.182. The molecular formula is C23H18N2O3. The van der Waals surface area contributed by atoms with Crippen LogP contribution in [-0.4, -0.2) is 16.0 Å². The molecule has 5 nitrogen and oxygen atoms in total. The molecule has 138 valence electrons. The van der Waals surface area contributed by atoms with Crippen LogP contribution in [0.1, 0.15) is 15.9 Å². The summed E-state index contributed by atoms with van der Waals surface area (Å²) in [5.41, 5.74) is 2.27. The molecule has 0 aliphatic carbocycles. The Morgan fingerprint density at radius 3 is 2.50 bits per heavy atom. The number of carbonyl (C=O) groups is 1. The zero-order valence-electron chi connectivity index (χ0n) is 15.0. The lowest BCUT2D eigenvalue weighted by Crippen LogP contribution is -2.12. The lowest BCUT2D eigenvalue weighted by molar-refractivity contribution is 0.102. The van der Waals surface area contributed by atoms with Crippen LogP contribution in [0, 0.1) is 0 Å². The first-order chi connectivity index (χ1) is 13.7. The van der Waals surface area contributed by atoms with E-state index in [1.54, 1.807) is 48.7 Å². The summed E-state index contributed by atoms with van der Waals surface area (Å²) in [5, 5.41) is 13.9. The van der Waals surface area contributed by atoms with Crippen LogP contribution in [0.3, 0.4) is 0 Å². The summed E-state index contributed by atoms with van der Waals surface area (Å²) >= 11 is 0. The Morgan fingerprint density at radius 1 is 0.929 bits per heavy atom. The van der Waals surface area contributed by atoms with Gasteiger partial charge in [0.25, 0.3) is 5.91 Å². The van der Waals surface area contributed by atoms with Gasteiger partial charge in [-0.1, -0.05) is 42.5 Å². The molecule has 1 heterocycles. The quantitative estimate of drug-likeness (QED) is 0.531. The highest BCUT2D eigenvalue weighted by atomic mass is 16.5. The fourth-order valence-electron chi connectivity index (χ4n) is 2.89. The van der Waals surface area contributed by atoms with Gasteiger partial charge >= 0.3 is 0 Å². The number of hydrogen-bond donors (Lipinski definition) is 2. The fraction of sp³-hybridized carbons (Fsp3) is 0.0435. The van der Waals surface area contributed by atoms with Gasteiger partial charge in [0, 0.05) is 17.3 Å². The summed E-state index contributed by atoms with van der Waals surface area (Å²) in [6.07, 6.45) is 1.58. The highest BCUT2D eigenvalue weighted by molar-refractivity contribution is 6.09. The Morgan fingerprint density at radius 2 is 1.71 bits per heavy atom. The molecule has 0 radical (unpaired) electrons. The van der Waals surface area contributed by atoms with E-state index in [1.165, 1.54) is 0 Å². The van der Waals surface area contributed by atoms with Gasteiger partial charge in [0.15, 0.2) is 5.75 Å². The van der Waals surface area contributed by atoms with Gasteiger partial charge in [-0.25, -0.2) is 0 Å². The number of nitrogens with one attached hydrogen (secondary N) is 1. The smallest absolute Gasteiger partial charge is 0.259 e. The van der Waals surface area contributed by atoms with Crippen LogP contribution in [0.25, 0.3) is 10.9 Å². The lowest BCUT2D eigenvalue weighted by atomic mass is 10.1. The van der Waals surface area contributed by atoms with Gasteiger partial charge in [0.2, 0.25) is 0 Å². The summed E-state index contributed by atoms with van der Waals surface area (Å²) in [6, 6.07) is 24.0. The number of pyridine rings is 1. The molecule has 3 aromatic carbocycles. The van der Waals surface area contributed by atoms with Crippen molar-refractivity contribution in [2.45, 2.75) is 6.61 Å². The number of hydrogen-bond acceptors (Lipinski definition) is 4. The Kier molecular flexibility index (Phi) is 4.89. The normalized spacial score (nSPS) is 10.6. The number of amides is 1. The lowest BCUT2D eigenvalue weighted by Gasteiger charge is -2.10. The second-order valence-electron chi connectivity index (χ2n) is 6.29. The topological polar surface area (TPSA) is 71.5 Å². The number of phenols is 1. The largest absolute Gasteiger partial charge is 0.505 e. The van der Waals surface area contributed by atoms with E-state index in [2.05, 4.69) is 10.3 Å². The number of aromatic nitrogens is 1. The molecule has 0 bridgehead atoms. The van der Waals surface area contributed by atoms with Crippen molar-refractivity contribution in [3.05, 3.63) is 96.2 Å². The molecule has 0 aliphatic rings. The maximum absolute atomic E-state index is 12.5. The summed E-state index contributed by atoms with van der Waals surface area (Å²) in [7, 11) is 0. The van der Waals surface area contributed by atoms with Gasteiger partial charge in [-0.2, -0.15) is 0 Å². The second-order valence-corrected chi connectivity index (χ2v) is 6.29. The molecule has 1 amide bonds. The third-order valence-electron chi connectivity index (χ3n) is 4.35. The minimum Gasteiger partial charge on any atom is -0.505 e. The zero-order valence-corrected chi connectivity index (χ0v) is 15.0. The molecule has 0 spiro atoms. The molecule has 4 rings (SSSR count). The van der Waals surface area contributed by atoms with E-state index in [0.717, 1.165) is 10.9 Å². The van der Waals surface area contributed by atoms with E-state index >= 15 is 0 Å². The molecule has 5 heteroatoms. The van der Waals surface area contributed by atoms with Crippen LogP contribution in [0.4, 0.5) is 5.69 Å². The molecule has 2 N–H and O–H groups in total. The summed E-state index contributed by atoms with van der Waals surface area (Å²) in [6.45, 7) is 0.477. The van der Waals surface area contributed by atoms with Crippen LogP contribution < -0.4 is 10.1 Å². The molecule has 0 saturated carbocycles. The molecule has 4 aromatic rings. The van der Waals surface area contributed by atoms with Gasteiger partial charge in [-0.15, -0.1) is 0 Å². The molecule has 0 aliphatic heterocycles. The molecule has 28 heavy (non-hydrogen) atoms. The van der Waals surface area contributed by atoms with Gasteiger partial charge in [-0.05, 0) is 42.0 Å². The predicted molar refractivity (Wildman–Crippen MR) is 109 cm³/mol. The van der Waals surface area contributed by atoms with E-state index in [9.17, 15) is 9.90 Å². The van der Waals surface area contributed by atoms with Crippen molar-refractivity contribution in [3.63, 3.8) is 0 Å². The molecular weight excluding hydrogens is 352 g/mol. The average molecular weight is 370 g/mol. The number of phenolic OH excluding ortho intramolecular Hbond substituents is 1.